The lowest BCUT2D eigenvalue weighted by Gasteiger charge is -2.41. The van der Waals surface area contributed by atoms with Crippen molar-refractivity contribution in [1.82, 2.24) is 20.0 Å². The molecule has 2 atom stereocenters. The lowest BCUT2D eigenvalue weighted by atomic mass is 9.94. The molecule has 0 spiro atoms. The van der Waals surface area contributed by atoms with Crippen LogP contribution in [-0.4, -0.2) is 44.6 Å². The van der Waals surface area contributed by atoms with Crippen molar-refractivity contribution in [3.8, 4) is 5.75 Å². The number of para-hydroxylation sites is 2. The molecule has 2 heterocycles. The first-order chi connectivity index (χ1) is 13.2. The van der Waals surface area contributed by atoms with Crippen LogP contribution in [0, 0.1) is 0 Å². The van der Waals surface area contributed by atoms with Crippen molar-refractivity contribution in [3.63, 3.8) is 0 Å². The zero-order valence-electron chi connectivity index (χ0n) is 14.7. The molecule has 0 aliphatic carbocycles. The Kier molecular flexibility index (Phi) is 4.77. The summed E-state index contributed by atoms with van der Waals surface area (Å²) in [6.07, 6.45) is 2.32. The van der Waals surface area contributed by atoms with Crippen LogP contribution in [0.25, 0.3) is 11.0 Å². The SMILES string of the molecule is COc1ccccc1C1C(Cl)C(=O)N1/N=C/CCn1nnc2ccccc21. The van der Waals surface area contributed by atoms with Crippen LogP contribution in [0.15, 0.2) is 53.6 Å². The monoisotopic (exact) mass is 383 g/mol. The van der Waals surface area contributed by atoms with E-state index < -0.39 is 5.38 Å². The smallest absolute Gasteiger partial charge is 0.263 e. The van der Waals surface area contributed by atoms with E-state index in [4.69, 9.17) is 16.3 Å². The van der Waals surface area contributed by atoms with Crippen LogP contribution in [0.1, 0.15) is 18.0 Å². The second-order valence-corrected chi connectivity index (χ2v) is 6.63. The molecule has 1 saturated heterocycles. The molecule has 27 heavy (non-hydrogen) atoms. The molecule has 2 aromatic carbocycles. The molecule has 1 aromatic heterocycles. The van der Waals surface area contributed by atoms with Gasteiger partial charge in [0, 0.05) is 24.7 Å². The number of carbonyl (C=O) groups is 1. The fourth-order valence-corrected chi connectivity index (χ4v) is 3.52. The number of ether oxygens (including phenoxy) is 1. The van der Waals surface area contributed by atoms with E-state index >= 15 is 0 Å². The molecule has 7 nitrogen and oxygen atoms in total. The number of β-lactam (4-membered cyclic amide) rings is 1. The molecule has 1 aliphatic rings. The molecule has 0 bridgehead atoms. The number of hydrazone groups is 1. The third-order valence-corrected chi connectivity index (χ3v) is 4.98. The highest BCUT2D eigenvalue weighted by atomic mass is 35.5. The highest BCUT2D eigenvalue weighted by molar-refractivity contribution is 6.33. The zero-order chi connectivity index (χ0) is 18.8. The van der Waals surface area contributed by atoms with Gasteiger partial charge in [-0.2, -0.15) is 5.10 Å². The number of rotatable bonds is 6. The van der Waals surface area contributed by atoms with Crippen LogP contribution >= 0.6 is 11.6 Å². The van der Waals surface area contributed by atoms with E-state index in [0.717, 1.165) is 16.6 Å². The number of carbonyl (C=O) groups excluding carboxylic acids is 1. The molecule has 0 N–H and O–H groups in total. The summed E-state index contributed by atoms with van der Waals surface area (Å²) in [6.45, 7) is 0.621. The summed E-state index contributed by atoms with van der Waals surface area (Å²) in [5.74, 6) is 0.477. The largest absolute Gasteiger partial charge is 0.496 e. The van der Waals surface area contributed by atoms with Gasteiger partial charge in [0.25, 0.3) is 5.91 Å². The zero-order valence-corrected chi connectivity index (χ0v) is 15.5. The Morgan fingerprint density at radius 2 is 2.00 bits per heavy atom. The summed E-state index contributed by atoms with van der Waals surface area (Å²) in [5, 5.41) is 13.4. The molecular formula is C19H18ClN5O2. The summed E-state index contributed by atoms with van der Waals surface area (Å²) in [4.78, 5) is 12.2. The van der Waals surface area contributed by atoms with Crippen molar-refractivity contribution in [2.45, 2.75) is 24.4 Å². The molecule has 4 rings (SSSR count). The Morgan fingerprint density at radius 1 is 1.22 bits per heavy atom. The van der Waals surface area contributed by atoms with Crippen molar-refractivity contribution in [2.24, 2.45) is 5.10 Å². The lowest BCUT2D eigenvalue weighted by Crippen LogP contribution is -2.53. The molecule has 1 amide bonds. The van der Waals surface area contributed by atoms with E-state index in [1.807, 2.05) is 53.2 Å². The summed E-state index contributed by atoms with van der Waals surface area (Å²) in [6, 6.07) is 15.0. The first-order valence-electron chi connectivity index (χ1n) is 8.61. The molecule has 0 radical (unpaired) electrons. The van der Waals surface area contributed by atoms with Gasteiger partial charge in [0.15, 0.2) is 0 Å². The van der Waals surface area contributed by atoms with Gasteiger partial charge in [-0.05, 0) is 18.2 Å². The molecule has 3 aromatic rings. The number of aryl methyl sites for hydroxylation is 1. The second-order valence-electron chi connectivity index (χ2n) is 6.16. The quantitative estimate of drug-likeness (QED) is 0.372. The standard InChI is InChI=1S/C19H18ClN5O2/c1-27-16-10-5-2-7-13(16)18-17(20)19(26)25(18)21-11-6-12-24-15-9-4-3-8-14(15)22-23-24/h2-5,7-11,17-18H,6,12H2,1H3/b21-11+. The van der Waals surface area contributed by atoms with Crippen molar-refractivity contribution in [1.29, 1.82) is 0 Å². The van der Waals surface area contributed by atoms with Gasteiger partial charge >= 0.3 is 0 Å². The minimum atomic E-state index is -0.641. The van der Waals surface area contributed by atoms with E-state index in [-0.39, 0.29) is 11.9 Å². The maximum atomic E-state index is 12.2. The molecule has 1 aliphatic heterocycles. The first-order valence-corrected chi connectivity index (χ1v) is 9.05. The number of methoxy groups -OCH3 is 1. The number of benzene rings is 2. The fraction of sp³-hybridized carbons (Fsp3) is 0.263. The Balaban J connectivity index is 1.45. The number of hydrogen-bond donors (Lipinski definition) is 0. The summed E-state index contributed by atoms with van der Waals surface area (Å²) < 4.78 is 7.20. The fourth-order valence-electron chi connectivity index (χ4n) is 3.18. The van der Waals surface area contributed by atoms with Crippen LogP contribution in [0.5, 0.6) is 5.75 Å². The van der Waals surface area contributed by atoms with Gasteiger partial charge in [-0.15, -0.1) is 16.7 Å². The van der Waals surface area contributed by atoms with Crippen molar-refractivity contribution in [3.05, 3.63) is 54.1 Å². The van der Waals surface area contributed by atoms with Crippen LogP contribution in [0.2, 0.25) is 0 Å². The molecule has 138 valence electrons. The highest BCUT2D eigenvalue weighted by Crippen LogP contribution is 2.42. The number of hydrogen-bond acceptors (Lipinski definition) is 5. The van der Waals surface area contributed by atoms with Crippen molar-refractivity contribution < 1.29 is 9.53 Å². The normalized spacial score (nSPS) is 19.6. The predicted octanol–water partition coefficient (Wildman–Crippen LogP) is 3.01. The molecule has 8 heteroatoms. The van der Waals surface area contributed by atoms with E-state index in [2.05, 4.69) is 15.4 Å². The molecular weight excluding hydrogens is 366 g/mol. The molecule has 1 fully saturated rings. The minimum Gasteiger partial charge on any atom is -0.496 e. The van der Waals surface area contributed by atoms with Crippen LogP contribution < -0.4 is 4.74 Å². The maximum absolute atomic E-state index is 12.2. The second kappa shape index (κ2) is 7.36. The Labute approximate surface area is 161 Å². The number of halogens is 1. The Bertz CT molecular complexity index is 1000. The highest BCUT2D eigenvalue weighted by Gasteiger charge is 2.48. The average molecular weight is 384 g/mol. The minimum absolute atomic E-state index is 0.213. The van der Waals surface area contributed by atoms with Gasteiger partial charge in [0.2, 0.25) is 0 Å². The van der Waals surface area contributed by atoms with E-state index in [1.54, 1.807) is 13.3 Å². The van der Waals surface area contributed by atoms with Gasteiger partial charge in [-0.3, -0.25) is 4.79 Å². The third kappa shape index (κ3) is 3.14. The van der Waals surface area contributed by atoms with Gasteiger partial charge in [-0.25, -0.2) is 9.69 Å². The van der Waals surface area contributed by atoms with E-state index in [1.165, 1.54) is 5.01 Å². The van der Waals surface area contributed by atoms with Crippen molar-refractivity contribution >= 4 is 34.8 Å². The Hall–Kier alpha value is -2.93. The van der Waals surface area contributed by atoms with Gasteiger partial charge in [0.1, 0.15) is 22.7 Å². The van der Waals surface area contributed by atoms with E-state index in [9.17, 15) is 4.79 Å². The topological polar surface area (TPSA) is 72.6 Å². The number of nitrogens with zero attached hydrogens (tertiary/aromatic N) is 5. The van der Waals surface area contributed by atoms with Crippen molar-refractivity contribution in [2.75, 3.05) is 7.11 Å². The third-order valence-electron chi connectivity index (χ3n) is 4.56. The van der Waals surface area contributed by atoms with Crippen LogP contribution in [-0.2, 0) is 11.3 Å². The predicted molar refractivity (Wildman–Crippen MR) is 103 cm³/mol. The average Bonchev–Trinajstić information content (AvgIpc) is 3.13. The Morgan fingerprint density at radius 3 is 2.85 bits per heavy atom. The van der Waals surface area contributed by atoms with Gasteiger partial charge in [0.05, 0.1) is 12.6 Å². The van der Waals surface area contributed by atoms with Crippen LogP contribution in [0.3, 0.4) is 0 Å². The summed E-state index contributed by atoms with van der Waals surface area (Å²) in [5.41, 5.74) is 2.67. The molecule has 2 unspecified atom stereocenters. The lowest BCUT2D eigenvalue weighted by molar-refractivity contribution is -0.145. The van der Waals surface area contributed by atoms with Gasteiger partial charge in [-0.1, -0.05) is 35.5 Å². The van der Waals surface area contributed by atoms with E-state index in [0.29, 0.717) is 18.7 Å². The number of aromatic nitrogens is 3. The number of alkyl halides is 1. The first kappa shape index (κ1) is 17.5. The summed E-state index contributed by atoms with van der Waals surface area (Å²) in [7, 11) is 1.60. The number of amides is 1. The van der Waals surface area contributed by atoms with Crippen LogP contribution in [0.4, 0.5) is 0 Å². The number of fused-ring (bicyclic) bond motifs is 1. The van der Waals surface area contributed by atoms with Gasteiger partial charge < -0.3 is 4.74 Å². The maximum Gasteiger partial charge on any atom is 0.263 e. The summed E-state index contributed by atoms with van der Waals surface area (Å²) >= 11 is 6.24. The molecule has 0 saturated carbocycles.